The molecule has 1 N–H and O–H groups in total. The van der Waals surface area contributed by atoms with Crippen molar-refractivity contribution in [2.75, 3.05) is 33.8 Å². The number of rotatable bonds is 8. The molecule has 2 aromatic rings. The average Bonchev–Trinajstić information content (AvgIpc) is 2.77. The van der Waals surface area contributed by atoms with Crippen LogP contribution >= 0.6 is 0 Å². The normalized spacial score (nSPS) is 10.3. The van der Waals surface area contributed by atoms with Crippen LogP contribution in [0.1, 0.15) is 31.1 Å². The van der Waals surface area contributed by atoms with Gasteiger partial charge in [0.2, 0.25) is 0 Å². The third-order valence-electron chi connectivity index (χ3n) is 3.99. The predicted octanol–water partition coefficient (Wildman–Crippen LogP) is 3.09. The number of nitrogens with one attached hydrogen (secondary N) is 1. The van der Waals surface area contributed by atoms with Crippen molar-refractivity contribution in [3.8, 4) is 11.5 Å². The van der Waals surface area contributed by atoms with Crippen molar-refractivity contribution >= 4 is 23.4 Å². The highest BCUT2D eigenvalue weighted by atomic mass is 16.5. The number of esters is 2. The van der Waals surface area contributed by atoms with Gasteiger partial charge in [0.1, 0.15) is 0 Å². The van der Waals surface area contributed by atoms with Gasteiger partial charge in [-0.15, -0.1) is 0 Å². The molecule has 0 saturated carbocycles. The summed E-state index contributed by atoms with van der Waals surface area (Å²) >= 11 is 0. The molecular weight excluding hydrogens is 378 g/mol. The van der Waals surface area contributed by atoms with Crippen molar-refractivity contribution < 1.29 is 33.3 Å². The van der Waals surface area contributed by atoms with E-state index in [1.54, 1.807) is 18.2 Å². The minimum atomic E-state index is -0.594. The van der Waals surface area contributed by atoms with Crippen LogP contribution in [0.3, 0.4) is 0 Å². The van der Waals surface area contributed by atoms with E-state index in [0.29, 0.717) is 17.1 Å². The molecule has 0 spiro atoms. The van der Waals surface area contributed by atoms with Crippen LogP contribution in [0.25, 0.3) is 0 Å². The van der Waals surface area contributed by atoms with Crippen molar-refractivity contribution in [2.24, 2.45) is 0 Å². The van der Waals surface area contributed by atoms with Gasteiger partial charge in [-0.2, -0.15) is 0 Å². The molecular formula is C21H21NO7. The summed E-state index contributed by atoms with van der Waals surface area (Å²) in [6, 6.07) is 9.10. The van der Waals surface area contributed by atoms with E-state index in [-0.39, 0.29) is 22.6 Å². The quantitative estimate of drug-likeness (QED) is 0.411. The van der Waals surface area contributed by atoms with Crippen LogP contribution in [0.5, 0.6) is 11.5 Å². The fourth-order valence-electron chi connectivity index (χ4n) is 2.49. The Bertz CT molecular complexity index is 950. The lowest BCUT2D eigenvalue weighted by atomic mass is 10.1. The molecule has 2 rings (SSSR count). The summed E-state index contributed by atoms with van der Waals surface area (Å²) in [5, 5.41) is 2.83. The highest BCUT2D eigenvalue weighted by Gasteiger charge is 2.15. The van der Waals surface area contributed by atoms with Gasteiger partial charge in [0.25, 0.3) is 0 Å². The molecule has 0 aliphatic heterocycles. The molecule has 152 valence electrons. The molecule has 8 heteroatoms. The Balaban J connectivity index is 2.25. The zero-order chi connectivity index (χ0) is 21.4. The molecule has 0 atom stereocenters. The van der Waals surface area contributed by atoms with Crippen LogP contribution in [0.4, 0.5) is 5.69 Å². The van der Waals surface area contributed by atoms with Crippen LogP contribution in [0, 0.1) is 0 Å². The van der Waals surface area contributed by atoms with Gasteiger partial charge < -0.3 is 24.3 Å². The van der Waals surface area contributed by atoms with Crippen molar-refractivity contribution in [3.05, 3.63) is 65.4 Å². The number of hydrogen-bond donors (Lipinski definition) is 1. The molecule has 0 bridgehead atoms. The smallest absolute Gasteiger partial charge is 0.339 e. The van der Waals surface area contributed by atoms with E-state index >= 15 is 0 Å². The molecule has 29 heavy (non-hydrogen) atoms. The van der Waals surface area contributed by atoms with Gasteiger partial charge in [0.05, 0.1) is 45.3 Å². The zero-order valence-corrected chi connectivity index (χ0v) is 16.5. The summed E-state index contributed by atoms with van der Waals surface area (Å²) in [6.45, 7) is 0. The zero-order valence-electron chi connectivity index (χ0n) is 16.5. The van der Waals surface area contributed by atoms with Crippen LogP contribution < -0.4 is 14.8 Å². The highest BCUT2D eigenvalue weighted by molar-refractivity contribution is 6.05. The maximum Gasteiger partial charge on any atom is 0.339 e. The maximum atomic E-state index is 12.4. The molecule has 0 heterocycles. The number of allylic oxidation sites excluding steroid dienone is 1. The van der Waals surface area contributed by atoms with Gasteiger partial charge in [0.15, 0.2) is 17.3 Å². The van der Waals surface area contributed by atoms with Crippen molar-refractivity contribution in [3.63, 3.8) is 0 Å². The van der Waals surface area contributed by atoms with Gasteiger partial charge >= 0.3 is 11.9 Å². The minimum Gasteiger partial charge on any atom is -0.493 e. The van der Waals surface area contributed by atoms with Gasteiger partial charge in [-0.25, -0.2) is 9.59 Å². The number of anilines is 1. The summed E-state index contributed by atoms with van der Waals surface area (Å²) in [4.78, 5) is 36.1. The molecule has 0 fully saturated rings. The van der Waals surface area contributed by atoms with E-state index in [1.807, 2.05) is 0 Å². The molecule has 8 nitrogen and oxygen atoms in total. The van der Waals surface area contributed by atoms with E-state index in [2.05, 4.69) is 10.1 Å². The van der Waals surface area contributed by atoms with E-state index < -0.39 is 11.9 Å². The number of benzene rings is 2. The van der Waals surface area contributed by atoms with Gasteiger partial charge in [-0.1, -0.05) is 0 Å². The Kier molecular flexibility index (Phi) is 7.36. The standard InChI is InChI=1S/C21H21NO7/c1-26-18-8-6-13(12-19(18)27-2)17(23)9-10-22-16-11-14(20(24)28-3)5-7-15(16)21(25)29-4/h5-12,22H,1-4H3. The topological polar surface area (TPSA) is 100 Å². The molecule has 0 aromatic heterocycles. The largest absolute Gasteiger partial charge is 0.493 e. The molecule has 2 aromatic carbocycles. The van der Waals surface area contributed by atoms with E-state index in [4.69, 9.17) is 14.2 Å². The SMILES string of the molecule is COC(=O)c1ccc(C(=O)OC)c(NC=CC(=O)c2ccc(OC)c(OC)c2)c1. The summed E-state index contributed by atoms with van der Waals surface area (Å²) in [6.07, 6.45) is 2.65. The van der Waals surface area contributed by atoms with E-state index in [0.717, 1.165) is 0 Å². The number of ether oxygens (including phenoxy) is 4. The Labute approximate surface area is 168 Å². The average molecular weight is 399 g/mol. The fraction of sp³-hybridized carbons (Fsp3) is 0.190. The second-order valence-electron chi connectivity index (χ2n) is 5.66. The lowest BCUT2D eigenvalue weighted by molar-refractivity contribution is 0.0587. The molecule has 0 radical (unpaired) electrons. The lowest BCUT2D eigenvalue weighted by Gasteiger charge is -2.10. The first-order valence-corrected chi connectivity index (χ1v) is 8.45. The van der Waals surface area contributed by atoms with Crippen LogP contribution in [0.2, 0.25) is 0 Å². The van der Waals surface area contributed by atoms with Gasteiger partial charge in [0, 0.05) is 17.8 Å². The number of ketones is 1. The number of carbonyl (C=O) groups excluding carboxylic acids is 3. The van der Waals surface area contributed by atoms with Crippen LogP contribution in [0.15, 0.2) is 48.7 Å². The van der Waals surface area contributed by atoms with E-state index in [1.165, 1.54) is 58.9 Å². The molecule has 0 aliphatic carbocycles. The summed E-state index contributed by atoms with van der Waals surface area (Å²) in [7, 11) is 5.48. The second kappa shape index (κ2) is 9.93. The Morgan fingerprint density at radius 2 is 1.45 bits per heavy atom. The van der Waals surface area contributed by atoms with Crippen molar-refractivity contribution in [1.82, 2.24) is 0 Å². The van der Waals surface area contributed by atoms with E-state index in [9.17, 15) is 14.4 Å². The first kappa shape index (κ1) is 21.5. The van der Waals surface area contributed by atoms with Gasteiger partial charge in [-0.05, 0) is 36.4 Å². The van der Waals surface area contributed by atoms with Gasteiger partial charge in [-0.3, -0.25) is 4.79 Å². The number of hydrogen-bond acceptors (Lipinski definition) is 8. The van der Waals surface area contributed by atoms with Crippen LogP contribution in [-0.2, 0) is 9.47 Å². The predicted molar refractivity (Wildman–Crippen MR) is 106 cm³/mol. The maximum absolute atomic E-state index is 12.4. The minimum absolute atomic E-state index is 0.198. The van der Waals surface area contributed by atoms with Crippen molar-refractivity contribution in [1.29, 1.82) is 0 Å². The molecule has 0 amide bonds. The first-order valence-electron chi connectivity index (χ1n) is 8.45. The molecule has 0 aliphatic rings. The number of methoxy groups -OCH3 is 4. The molecule has 0 unspecified atom stereocenters. The lowest BCUT2D eigenvalue weighted by Crippen LogP contribution is -2.08. The Hall–Kier alpha value is -3.81. The summed E-state index contributed by atoms with van der Waals surface area (Å²) < 4.78 is 19.8. The summed E-state index contributed by atoms with van der Waals surface area (Å²) in [5.41, 5.74) is 1.11. The van der Waals surface area contributed by atoms with Crippen LogP contribution in [-0.4, -0.2) is 46.2 Å². The molecule has 0 saturated heterocycles. The van der Waals surface area contributed by atoms with Crippen molar-refractivity contribution in [2.45, 2.75) is 0 Å². The second-order valence-corrected chi connectivity index (χ2v) is 5.66. The third kappa shape index (κ3) is 5.13. The first-order chi connectivity index (χ1) is 13.9. The monoisotopic (exact) mass is 399 g/mol. The number of carbonyl (C=O) groups is 3. The fourth-order valence-corrected chi connectivity index (χ4v) is 2.49. The Morgan fingerprint density at radius 1 is 0.793 bits per heavy atom. The third-order valence-corrected chi connectivity index (χ3v) is 3.99. The Morgan fingerprint density at radius 3 is 2.07 bits per heavy atom. The highest BCUT2D eigenvalue weighted by Crippen LogP contribution is 2.28. The summed E-state index contributed by atoms with van der Waals surface area (Å²) in [5.74, 6) is -0.521.